The lowest BCUT2D eigenvalue weighted by Gasteiger charge is -2.26. The zero-order valence-corrected chi connectivity index (χ0v) is 10.1. The molecule has 2 rings (SSSR count). The van der Waals surface area contributed by atoms with Crippen LogP contribution in [0.1, 0.15) is 15.9 Å². The Morgan fingerprint density at radius 1 is 1.53 bits per heavy atom. The molecule has 17 heavy (non-hydrogen) atoms. The Labute approximate surface area is 101 Å². The van der Waals surface area contributed by atoms with Gasteiger partial charge in [0, 0.05) is 32.4 Å². The van der Waals surface area contributed by atoms with Crippen LogP contribution in [0.3, 0.4) is 0 Å². The van der Waals surface area contributed by atoms with Crippen molar-refractivity contribution in [3.63, 3.8) is 0 Å². The van der Waals surface area contributed by atoms with Gasteiger partial charge in [-0.25, -0.2) is 4.98 Å². The van der Waals surface area contributed by atoms with Crippen LogP contribution in [0.2, 0.25) is 0 Å². The minimum atomic E-state index is 0.0648. The number of carbonyl (C=O) groups is 1. The number of carbonyl (C=O) groups excluding carboxylic acids is 1. The first-order valence-corrected chi connectivity index (χ1v) is 5.86. The molecule has 0 radical (unpaired) electrons. The highest BCUT2D eigenvalue weighted by atomic mass is 16.1. The predicted molar refractivity (Wildman–Crippen MR) is 67.0 cm³/mol. The van der Waals surface area contributed by atoms with Gasteiger partial charge in [0.05, 0.1) is 12.1 Å². The Morgan fingerprint density at radius 2 is 2.24 bits per heavy atom. The lowest BCUT2D eigenvalue weighted by Crippen LogP contribution is -2.45. The first kappa shape index (κ1) is 12.0. The molecule has 0 saturated carbocycles. The van der Waals surface area contributed by atoms with Crippen molar-refractivity contribution >= 4 is 11.6 Å². The van der Waals surface area contributed by atoms with Gasteiger partial charge in [-0.1, -0.05) is 0 Å². The largest absolute Gasteiger partial charge is 0.383 e. The van der Waals surface area contributed by atoms with Crippen LogP contribution >= 0.6 is 0 Å². The number of hydrogen-bond donors (Lipinski definition) is 2. The molecule has 1 fully saturated rings. The molecule has 92 valence electrons. The lowest BCUT2D eigenvalue weighted by molar-refractivity contribution is 0.0921. The minimum Gasteiger partial charge on any atom is -0.383 e. The molecule has 1 aromatic heterocycles. The fraction of sp³-hybridized carbons (Fsp3) is 0.500. The Kier molecular flexibility index (Phi) is 3.71. The Hall–Kier alpha value is -1.46. The van der Waals surface area contributed by atoms with E-state index in [4.69, 9.17) is 5.73 Å². The predicted octanol–water partition coefficient (Wildman–Crippen LogP) is 0.0601. The first-order valence-electron chi connectivity index (χ1n) is 5.86. The molecule has 3 N–H and O–H groups in total. The van der Waals surface area contributed by atoms with Gasteiger partial charge in [0.1, 0.15) is 5.82 Å². The maximum absolute atomic E-state index is 12.2. The number of Topliss-reactive ketones (excluding diaryl/α,β-unsaturated/α-hetero) is 1. The number of piperazine rings is 1. The molecule has 0 unspecified atom stereocenters. The van der Waals surface area contributed by atoms with Crippen molar-refractivity contribution in [2.75, 3.05) is 38.5 Å². The fourth-order valence-corrected chi connectivity index (χ4v) is 2.09. The molecule has 0 aromatic carbocycles. The second kappa shape index (κ2) is 5.25. The van der Waals surface area contributed by atoms with Gasteiger partial charge >= 0.3 is 0 Å². The van der Waals surface area contributed by atoms with Crippen molar-refractivity contribution in [1.82, 2.24) is 15.2 Å². The SMILES string of the molecule is Cc1ccnc(N)c1C(=O)CN1CCNCC1. The zero-order valence-electron chi connectivity index (χ0n) is 10.1. The van der Waals surface area contributed by atoms with Crippen molar-refractivity contribution in [2.45, 2.75) is 6.92 Å². The number of aryl methyl sites for hydroxylation is 1. The van der Waals surface area contributed by atoms with Crippen LogP contribution in [0.4, 0.5) is 5.82 Å². The van der Waals surface area contributed by atoms with E-state index in [1.807, 2.05) is 13.0 Å². The van der Waals surface area contributed by atoms with Gasteiger partial charge in [0.2, 0.25) is 0 Å². The van der Waals surface area contributed by atoms with E-state index in [0.717, 1.165) is 31.7 Å². The zero-order chi connectivity index (χ0) is 12.3. The number of anilines is 1. The summed E-state index contributed by atoms with van der Waals surface area (Å²) < 4.78 is 0. The van der Waals surface area contributed by atoms with Crippen LogP contribution in [0.15, 0.2) is 12.3 Å². The molecule has 0 aliphatic carbocycles. The van der Waals surface area contributed by atoms with Crippen molar-refractivity contribution in [3.05, 3.63) is 23.4 Å². The maximum atomic E-state index is 12.2. The molecular formula is C12H18N4O. The number of nitrogens with one attached hydrogen (secondary N) is 1. The van der Waals surface area contributed by atoms with E-state index in [1.54, 1.807) is 6.20 Å². The highest BCUT2D eigenvalue weighted by Gasteiger charge is 2.18. The van der Waals surface area contributed by atoms with Crippen LogP contribution in [0, 0.1) is 6.92 Å². The van der Waals surface area contributed by atoms with E-state index in [-0.39, 0.29) is 5.78 Å². The standard InChI is InChI=1S/C12H18N4O/c1-9-2-3-15-12(13)11(9)10(17)8-16-6-4-14-5-7-16/h2-3,14H,4-8H2,1H3,(H2,13,15). The van der Waals surface area contributed by atoms with E-state index >= 15 is 0 Å². The highest BCUT2D eigenvalue weighted by Crippen LogP contribution is 2.14. The summed E-state index contributed by atoms with van der Waals surface area (Å²) in [5.41, 5.74) is 7.24. The van der Waals surface area contributed by atoms with E-state index in [0.29, 0.717) is 17.9 Å². The summed E-state index contributed by atoms with van der Waals surface area (Å²) in [7, 11) is 0. The monoisotopic (exact) mass is 234 g/mol. The molecule has 0 bridgehead atoms. The average Bonchev–Trinajstić information content (AvgIpc) is 2.30. The molecular weight excluding hydrogens is 216 g/mol. The Morgan fingerprint density at radius 3 is 2.88 bits per heavy atom. The van der Waals surface area contributed by atoms with Gasteiger partial charge in [0.25, 0.3) is 0 Å². The van der Waals surface area contributed by atoms with E-state index in [2.05, 4.69) is 15.2 Å². The lowest BCUT2D eigenvalue weighted by atomic mass is 10.1. The van der Waals surface area contributed by atoms with Crippen LogP contribution in [0.5, 0.6) is 0 Å². The van der Waals surface area contributed by atoms with Gasteiger partial charge in [-0.15, -0.1) is 0 Å². The molecule has 0 atom stereocenters. The van der Waals surface area contributed by atoms with Crippen LogP contribution in [0.25, 0.3) is 0 Å². The molecule has 0 spiro atoms. The summed E-state index contributed by atoms with van der Waals surface area (Å²) in [5.74, 6) is 0.403. The number of nitrogen functional groups attached to an aromatic ring is 1. The molecule has 5 heteroatoms. The normalized spacial score (nSPS) is 17.0. The molecule has 1 aliphatic rings. The molecule has 0 amide bonds. The fourth-order valence-electron chi connectivity index (χ4n) is 2.09. The number of ketones is 1. The van der Waals surface area contributed by atoms with Crippen molar-refractivity contribution in [3.8, 4) is 0 Å². The first-order chi connectivity index (χ1) is 8.18. The number of rotatable bonds is 3. The van der Waals surface area contributed by atoms with Crippen molar-refractivity contribution in [1.29, 1.82) is 0 Å². The smallest absolute Gasteiger partial charge is 0.180 e. The third kappa shape index (κ3) is 2.81. The van der Waals surface area contributed by atoms with Gasteiger partial charge in [-0.05, 0) is 18.6 Å². The van der Waals surface area contributed by atoms with E-state index < -0.39 is 0 Å². The summed E-state index contributed by atoms with van der Waals surface area (Å²) in [4.78, 5) is 18.3. The van der Waals surface area contributed by atoms with E-state index in [9.17, 15) is 4.79 Å². The number of nitrogens with zero attached hydrogens (tertiary/aromatic N) is 2. The van der Waals surface area contributed by atoms with Crippen LogP contribution in [-0.4, -0.2) is 48.4 Å². The maximum Gasteiger partial charge on any atom is 0.180 e. The van der Waals surface area contributed by atoms with Crippen molar-refractivity contribution in [2.24, 2.45) is 0 Å². The molecule has 1 aromatic rings. The quantitative estimate of drug-likeness (QED) is 0.724. The number of nitrogens with two attached hydrogens (primary N) is 1. The van der Waals surface area contributed by atoms with Crippen molar-refractivity contribution < 1.29 is 4.79 Å². The second-order valence-electron chi connectivity index (χ2n) is 4.34. The summed E-state index contributed by atoms with van der Waals surface area (Å²) in [6.07, 6.45) is 1.63. The molecule has 1 saturated heterocycles. The van der Waals surface area contributed by atoms with Gasteiger partial charge in [0.15, 0.2) is 5.78 Å². The number of hydrogen-bond acceptors (Lipinski definition) is 5. The summed E-state index contributed by atoms with van der Waals surface area (Å²) >= 11 is 0. The van der Waals surface area contributed by atoms with Crippen LogP contribution < -0.4 is 11.1 Å². The Bertz CT molecular complexity index is 393. The average molecular weight is 234 g/mol. The molecule has 2 heterocycles. The summed E-state index contributed by atoms with van der Waals surface area (Å²) in [6.45, 7) is 6.01. The topological polar surface area (TPSA) is 71.2 Å². The number of aromatic nitrogens is 1. The van der Waals surface area contributed by atoms with Crippen LogP contribution in [-0.2, 0) is 0 Å². The molecule has 5 nitrogen and oxygen atoms in total. The van der Waals surface area contributed by atoms with E-state index in [1.165, 1.54) is 0 Å². The second-order valence-corrected chi connectivity index (χ2v) is 4.34. The van der Waals surface area contributed by atoms with Gasteiger partial charge < -0.3 is 11.1 Å². The third-order valence-electron chi connectivity index (χ3n) is 3.04. The highest BCUT2D eigenvalue weighted by molar-refractivity contribution is 6.02. The summed E-state index contributed by atoms with van der Waals surface area (Å²) in [6, 6.07) is 1.82. The third-order valence-corrected chi connectivity index (χ3v) is 3.04. The number of pyridine rings is 1. The molecule has 1 aliphatic heterocycles. The minimum absolute atomic E-state index is 0.0648. The van der Waals surface area contributed by atoms with Gasteiger partial charge in [-0.2, -0.15) is 0 Å². The Balaban J connectivity index is 2.08. The summed E-state index contributed by atoms with van der Waals surface area (Å²) in [5, 5.41) is 3.26. The van der Waals surface area contributed by atoms with Gasteiger partial charge in [-0.3, -0.25) is 9.69 Å².